The molecule has 0 aliphatic rings. The number of rotatable bonds is 2. The lowest BCUT2D eigenvalue weighted by Gasteiger charge is -2.11. The first kappa shape index (κ1) is 13.0. The molecule has 0 aliphatic heterocycles. The zero-order valence-electron chi connectivity index (χ0n) is 10.1. The van der Waals surface area contributed by atoms with Crippen LogP contribution in [0.3, 0.4) is 0 Å². The van der Waals surface area contributed by atoms with E-state index >= 15 is 0 Å². The maximum atomic E-state index is 11.4. The molecule has 0 amide bonds. The number of carboxylic acid groups (broad SMARTS) is 1. The van der Waals surface area contributed by atoms with E-state index in [0.717, 1.165) is 4.88 Å². The van der Waals surface area contributed by atoms with Crippen LogP contribution in [0.5, 0.6) is 5.75 Å². The van der Waals surface area contributed by atoms with Crippen LogP contribution in [0.1, 0.15) is 10.4 Å². The summed E-state index contributed by atoms with van der Waals surface area (Å²) < 4.78 is 0. The van der Waals surface area contributed by atoms with Crippen LogP contribution in [-0.4, -0.2) is 16.2 Å². The fourth-order valence-corrected chi connectivity index (χ4v) is 3.20. The average Bonchev–Trinajstić information content (AvgIpc) is 2.92. The predicted octanol–water partition coefficient (Wildman–Crippen LogP) is 4.63. The van der Waals surface area contributed by atoms with Crippen molar-refractivity contribution < 1.29 is 15.0 Å². The molecular formula is C15H9ClO3S. The smallest absolute Gasteiger partial charge is 0.336 e. The maximum absolute atomic E-state index is 11.4. The Kier molecular flexibility index (Phi) is 3.12. The van der Waals surface area contributed by atoms with Crippen molar-refractivity contribution in [2.75, 3.05) is 0 Å². The highest BCUT2D eigenvalue weighted by molar-refractivity contribution is 7.13. The number of carboxylic acids is 1. The molecule has 0 aliphatic carbocycles. The second kappa shape index (κ2) is 4.81. The van der Waals surface area contributed by atoms with Gasteiger partial charge in [-0.25, -0.2) is 4.79 Å². The summed E-state index contributed by atoms with van der Waals surface area (Å²) in [6, 6.07) is 10.0. The normalized spacial score (nSPS) is 10.8. The number of halogens is 1. The van der Waals surface area contributed by atoms with Gasteiger partial charge in [-0.05, 0) is 35.0 Å². The number of carbonyl (C=O) groups is 1. The number of hydrogen-bond donors (Lipinski definition) is 2. The van der Waals surface area contributed by atoms with Gasteiger partial charge in [-0.2, -0.15) is 0 Å². The highest BCUT2D eigenvalue weighted by atomic mass is 35.5. The standard InChI is InChI=1S/C15H9ClO3S/c16-8-3-4-9-10(6-8)12(17)7-11(15(18)19)14(9)13-2-1-5-20-13/h1-7,17H,(H,18,19). The van der Waals surface area contributed by atoms with E-state index in [1.807, 2.05) is 17.5 Å². The third kappa shape index (κ3) is 2.03. The number of aromatic hydroxyl groups is 1. The molecular weight excluding hydrogens is 296 g/mol. The molecule has 0 unspecified atom stereocenters. The van der Waals surface area contributed by atoms with Crippen LogP contribution in [0, 0.1) is 0 Å². The van der Waals surface area contributed by atoms with Crippen molar-refractivity contribution >= 4 is 39.7 Å². The monoisotopic (exact) mass is 304 g/mol. The number of aromatic carboxylic acids is 1. The Morgan fingerprint density at radius 2 is 1.95 bits per heavy atom. The van der Waals surface area contributed by atoms with Crippen LogP contribution in [0.2, 0.25) is 5.02 Å². The largest absolute Gasteiger partial charge is 0.507 e. The van der Waals surface area contributed by atoms with Crippen LogP contribution >= 0.6 is 22.9 Å². The molecule has 0 radical (unpaired) electrons. The van der Waals surface area contributed by atoms with Crippen LogP contribution in [0.25, 0.3) is 21.2 Å². The van der Waals surface area contributed by atoms with E-state index in [2.05, 4.69) is 0 Å². The van der Waals surface area contributed by atoms with Gasteiger partial charge in [0.1, 0.15) is 5.75 Å². The molecule has 3 aromatic rings. The van der Waals surface area contributed by atoms with Gasteiger partial charge in [0.25, 0.3) is 0 Å². The van der Waals surface area contributed by atoms with Crippen LogP contribution in [0.15, 0.2) is 41.8 Å². The van der Waals surface area contributed by atoms with Crippen molar-refractivity contribution in [3.8, 4) is 16.2 Å². The maximum Gasteiger partial charge on any atom is 0.336 e. The number of benzene rings is 2. The molecule has 1 heterocycles. The highest BCUT2D eigenvalue weighted by Crippen LogP contribution is 2.40. The molecule has 2 N–H and O–H groups in total. The summed E-state index contributed by atoms with van der Waals surface area (Å²) in [7, 11) is 0. The van der Waals surface area contributed by atoms with Gasteiger partial charge in [0.2, 0.25) is 0 Å². The van der Waals surface area contributed by atoms with Crippen molar-refractivity contribution in [2.24, 2.45) is 0 Å². The molecule has 3 rings (SSSR count). The molecule has 0 saturated carbocycles. The Bertz CT molecular complexity index is 810. The minimum absolute atomic E-state index is 0.0831. The van der Waals surface area contributed by atoms with Crippen molar-refractivity contribution in [3.05, 3.63) is 52.4 Å². The van der Waals surface area contributed by atoms with E-state index in [1.165, 1.54) is 17.4 Å². The van der Waals surface area contributed by atoms with E-state index in [9.17, 15) is 15.0 Å². The molecule has 0 bridgehead atoms. The Balaban J connectivity index is 2.48. The summed E-state index contributed by atoms with van der Waals surface area (Å²) in [5, 5.41) is 23.0. The molecule has 0 saturated heterocycles. The number of phenols is 1. The summed E-state index contributed by atoms with van der Waals surface area (Å²) in [5.41, 5.74) is 0.691. The summed E-state index contributed by atoms with van der Waals surface area (Å²) in [4.78, 5) is 12.3. The molecule has 3 nitrogen and oxygen atoms in total. The van der Waals surface area contributed by atoms with Gasteiger partial charge < -0.3 is 10.2 Å². The Morgan fingerprint density at radius 1 is 1.15 bits per heavy atom. The van der Waals surface area contributed by atoms with Crippen molar-refractivity contribution in [2.45, 2.75) is 0 Å². The molecule has 5 heteroatoms. The molecule has 0 fully saturated rings. The molecule has 20 heavy (non-hydrogen) atoms. The summed E-state index contributed by atoms with van der Waals surface area (Å²) in [6.45, 7) is 0. The fraction of sp³-hybridized carbons (Fsp3) is 0. The van der Waals surface area contributed by atoms with Gasteiger partial charge in [0, 0.05) is 20.8 Å². The Hall–Kier alpha value is -2.04. The molecule has 2 aromatic carbocycles. The first-order valence-corrected chi connectivity index (χ1v) is 7.06. The van der Waals surface area contributed by atoms with Gasteiger partial charge >= 0.3 is 5.97 Å². The first-order chi connectivity index (χ1) is 9.58. The second-order valence-electron chi connectivity index (χ2n) is 4.29. The molecule has 100 valence electrons. The van der Waals surface area contributed by atoms with E-state index in [4.69, 9.17) is 11.6 Å². The van der Waals surface area contributed by atoms with Gasteiger partial charge in [-0.3, -0.25) is 0 Å². The first-order valence-electron chi connectivity index (χ1n) is 5.80. The predicted molar refractivity (Wildman–Crippen MR) is 80.9 cm³/mol. The van der Waals surface area contributed by atoms with E-state index in [1.54, 1.807) is 18.2 Å². The van der Waals surface area contributed by atoms with Crippen LogP contribution in [0.4, 0.5) is 0 Å². The van der Waals surface area contributed by atoms with Crippen molar-refractivity contribution in [3.63, 3.8) is 0 Å². The zero-order valence-corrected chi connectivity index (χ0v) is 11.7. The Morgan fingerprint density at radius 3 is 2.60 bits per heavy atom. The van der Waals surface area contributed by atoms with Crippen molar-refractivity contribution in [1.29, 1.82) is 0 Å². The quantitative estimate of drug-likeness (QED) is 0.726. The van der Waals surface area contributed by atoms with Crippen LogP contribution < -0.4 is 0 Å². The number of phenolic OH excluding ortho intramolecular Hbond substituents is 1. The third-order valence-corrected chi connectivity index (χ3v) is 4.20. The molecule has 0 spiro atoms. The van der Waals surface area contributed by atoms with Gasteiger partial charge in [0.05, 0.1) is 5.56 Å². The highest BCUT2D eigenvalue weighted by Gasteiger charge is 2.18. The van der Waals surface area contributed by atoms with Crippen molar-refractivity contribution in [1.82, 2.24) is 0 Å². The van der Waals surface area contributed by atoms with Crippen LogP contribution in [-0.2, 0) is 0 Å². The lowest BCUT2D eigenvalue weighted by Crippen LogP contribution is -2.00. The number of hydrogen-bond acceptors (Lipinski definition) is 3. The van der Waals surface area contributed by atoms with Gasteiger partial charge in [-0.1, -0.05) is 23.7 Å². The van der Waals surface area contributed by atoms with E-state index in [-0.39, 0.29) is 11.3 Å². The number of fused-ring (bicyclic) bond motifs is 1. The summed E-state index contributed by atoms with van der Waals surface area (Å²) >= 11 is 7.40. The SMILES string of the molecule is O=C(O)c1cc(O)c2cc(Cl)ccc2c1-c1cccs1. The van der Waals surface area contributed by atoms with Gasteiger partial charge in [-0.15, -0.1) is 11.3 Å². The minimum Gasteiger partial charge on any atom is -0.507 e. The van der Waals surface area contributed by atoms with E-state index < -0.39 is 5.97 Å². The second-order valence-corrected chi connectivity index (χ2v) is 5.67. The van der Waals surface area contributed by atoms with Gasteiger partial charge in [0.15, 0.2) is 0 Å². The summed E-state index contributed by atoms with van der Waals surface area (Å²) in [6.07, 6.45) is 0. The summed E-state index contributed by atoms with van der Waals surface area (Å²) in [5.74, 6) is -1.15. The minimum atomic E-state index is -1.07. The number of thiophene rings is 1. The zero-order chi connectivity index (χ0) is 14.3. The Labute approximate surface area is 123 Å². The lowest BCUT2D eigenvalue weighted by molar-refractivity contribution is 0.0697. The topological polar surface area (TPSA) is 57.5 Å². The third-order valence-electron chi connectivity index (χ3n) is 3.08. The average molecular weight is 305 g/mol. The fourth-order valence-electron chi connectivity index (χ4n) is 2.23. The lowest BCUT2D eigenvalue weighted by atomic mass is 9.97. The molecule has 0 atom stereocenters. The van der Waals surface area contributed by atoms with E-state index in [0.29, 0.717) is 21.4 Å². The molecule has 1 aromatic heterocycles.